The summed E-state index contributed by atoms with van der Waals surface area (Å²) >= 11 is 0. The predicted molar refractivity (Wildman–Crippen MR) is 64.3 cm³/mol. The Morgan fingerprint density at radius 1 is 1.22 bits per heavy atom. The van der Waals surface area contributed by atoms with Crippen LogP contribution in [0.1, 0.15) is 21.6 Å². The average molecular weight is 245 g/mol. The van der Waals surface area contributed by atoms with Crippen molar-refractivity contribution in [3.05, 3.63) is 59.4 Å². The first-order valence-electron chi connectivity index (χ1n) is 5.46. The standard InChI is InChI=1S/C13H12FN3O/c1-9-2-3-10(6-15-9)7-17-13(18)11-4-5-12(14)16-8-11/h2-6,8H,7H2,1H3,(H,17,18). The highest BCUT2D eigenvalue weighted by Gasteiger charge is 2.05. The van der Waals surface area contributed by atoms with Crippen molar-refractivity contribution in [1.82, 2.24) is 15.3 Å². The second kappa shape index (κ2) is 5.35. The predicted octanol–water partition coefficient (Wildman–Crippen LogP) is 1.85. The lowest BCUT2D eigenvalue weighted by Crippen LogP contribution is -2.23. The fourth-order valence-electron chi connectivity index (χ4n) is 1.40. The van der Waals surface area contributed by atoms with Crippen LogP contribution in [0.3, 0.4) is 0 Å². The molecule has 2 aromatic heterocycles. The van der Waals surface area contributed by atoms with E-state index in [4.69, 9.17) is 0 Å². The van der Waals surface area contributed by atoms with Gasteiger partial charge in [-0.05, 0) is 30.7 Å². The van der Waals surface area contributed by atoms with Crippen LogP contribution in [0.15, 0.2) is 36.7 Å². The number of hydrogen-bond donors (Lipinski definition) is 1. The monoisotopic (exact) mass is 245 g/mol. The molecule has 0 spiro atoms. The fraction of sp³-hybridized carbons (Fsp3) is 0.154. The summed E-state index contributed by atoms with van der Waals surface area (Å²) in [6.45, 7) is 2.27. The van der Waals surface area contributed by atoms with Crippen LogP contribution in [-0.2, 0) is 6.54 Å². The topological polar surface area (TPSA) is 54.9 Å². The quantitative estimate of drug-likeness (QED) is 0.840. The van der Waals surface area contributed by atoms with E-state index in [1.165, 1.54) is 12.3 Å². The van der Waals surface area contributed by atoms with Crippen LogP contribution in [0.2, 0.25) is 0 Å². The Balaban J connectivity index is 1.96. The number of nitrogens with zero attached hydrogens (tertiary/aromatic N) is 2. The number of pyridine rings is 2. The van der Waals surface area contributed by atoms with E-state index in [1.54, 1.807) is 6.20 Å². The minimum absolute atomic E-state index is 0.289. The first kappa shape index (κ1) is 12.2. The minimum Gasteiger partial charge on any atom is -0.348 e. The lowest BCUT2D eigenvalue weighted by atomic mass is 10.2. The van der Waals surface area contributed by atoms with Gasteiger partial charge in [-0.15, -0.1) is 0 Å². The number of carbonyl (C=O) groups is 1. The van der Waals surface area contributed by atoms with Gasteiger partial charge in [0.05, 0.1) is 5.56 Å². The molecule has 0 unspecified atom stereocenters. The van der Waals surface area contributed by atoms with Gasteiger partial charge in [-0.3, -0.25) is 9.78 Å². The second-order valence-electron chi connectivity index (χ2n) is 3.86. The largest absolute Gasteiger partial charge is 0.348 e. The van der Waals surface area contributed by atoms with E-state index in [0.29, 0.717) is 12.1 Å². The molecule has 2 aromatic rings. The highest BCUT2D eigenvalue weighted by molar-refractivity contribution is 5.93. The highest BCUT2D eigenvalue weighted by Crippen LogP contribution is 2.01. The molecule has 2 heterocycles. The number of hydrogen-bond acceptors (Lipinski definition) is 3. The third-order valence-electron chi connectivity index (χ3n) is 2.42. The molecule has 2 rings (SSSR count). The maximum Gasteiger partial charge on any atom is 0.253 e. The minimum atomic E-state index is -0.603. The number of carbonyl (C=O) groups excluding carboxylic acids is 1. The summed E-state index contributed by atoms with van der Waals surface area (Å²) in [5, 5.41) is 2.71. The number of halogens is 1. The van der Waals surface area contributed by atoms with Crippen LogP contribution < -0.4 is 5.32 Å². The Morgan fingerprint density at radius 3 is 2.67 bits per heavy atom. The van der Waals surface area contributed by atoms with Crippen LogP contribution >= 0.6 is 0 Å². The molecule has 0 aliphatic heterocycles. The Kier molecular flexibility index (Phi) is 3.62. The number of aromatic nitrogens is 2. The Labute approximate surface area is 104 Å². The molecule has 0 saturated carbocycles. The molecule has 4 nitrogen and oxygen atoms in total. The van der Waals surface area contributed by atoms with Crippen LogP contribution in [0.5, 0.6) is 0 Å². The van der Waals surface area contributed by atoms with Crippen LogP contribution in [0.4, 0.5) is 4.39 Å². The molecular weight excluding hydrogens is 233 g/mol. The molecule has 1 amide bonds. The molecule has 92 valence electrons. The zero-order valence-electron chi connectivity index (χ0n) is 9.85. The van der Waals surface area contributed by atoms with Crippen molar-refractivity contribution in [2.45, 2.75) is 13.5 Å². The molecule has 0 aliphatic carbocycles. The van der Waals surface area contributed by atoms with Crippen molar-refractivity contribution in [2.24, 2.45) is 0 Å². The van der Waals surface area contributed by atoms with E-state index in [9.17, 15) is 9.18 Å². The number of amides is 1. The maximum absolute atomic E-state index is 12.6. The molecule has 0 bridgehead atoms. The Bertz CT molecular complexity index is 537. The summed E-state index contributed by atoms with van der Waals surface area (Å²) in [5.41, 5.74) is 2.16. The van der Waals surface area contributed by atoms with Crippen LogP contribution in [-0.4, -0.2) is 15.9 Å². The van der Waals surface area contributed by atoms with Gasteiger partial charge < -0.3 is 5.32 Å². The van der Waals surface area contributed by atoms with Gasteiger partial charge in [0.25, 0.3) is 5.91 Å². The van der Waals surface area contributed by atoms with Gasteiger partial charge in [-0.1, -0.05) is 6.07 Å². The van der Waals surface area contributed by atoms with Gasteiger partial charge in [-0.25, -0.2) is 4.98 Å². The lowest BCUT2D eigenvalue weighted by Gasteiger charge is -2.05. The second-order valence-corrected chi connectivity index (χ2v) is 3.86. The number of rotatable bonds is 3. The van der Waals surface area contributed by atoms with E-state index < -0.39 is 5.95 Å². The van der Waals surface area contributed by atoms with Crippen molar-refractivity contribution in [3.8, 4) is 0 Å². The summed E-state index contributed by atoms with van der Waals surface area (Å²) in [6.07, 6.45) is 2.91. The van der Waals surface area contributed by atoms with Gasteiger partial charge in [0, 0.05) is 24.6 Å². The zero-order valence-corrected chi connectivity index (χ0v) is 9.85. The van der Waals surface area contributed by atoms with Gasteiger partial charge in [0.15, 0.2) is 0 Å². The Morgan fingerprint density at radius 2 is 2.06 bits per heavy atom. The molecule has 0 fully saturated rings. The highest BCUT2D eigenvalue weighted by atomic mass is 19.1. The van der Waals surface area contributed by atoms with Crippen molar-refractivity contribution in [3.63, 3.8) is 0 Å². The van der Waals surface area contributed by atoms with Crippen LogP contribution in [0, 0.1) is 12.9 Å². The molecular formula is C13H12FN3O. The molecule has 0 radical (unpaired) electrons. The van der Waals surface area contributed by atoms with Crippen molar-refractivity contribution in [1.29, 1.82) is 0 Å². The van der Waals surface area contributed by atoms with E-state index in [1.807, 2.05) is 19.1 Å². The number of nitrogens with one attached hydrogen (secondary N) is 1. The summed E-state index contributed by atoms with van der Waals surface area (Å²) in [4.78, 5) is 19.3. The lowest BCUT2D eigenvalue weighted by molar-refractivity contribution is 0.0950. The van der Waals surface area contributed by atoms with Gasteiger partial charge in [0.2, 0.25) is 5.95 Å². The van der Waals surface area contributed by atoms with Gasteiger partial charge in [-0.2, -0.15) is 4.39 Å². The normalized spacial score (nSPS) is 10.1. The molecule has 18 heavy (non-hydrogen) atoms. The molecule has 0 saturated heterocycles. The van der Waals surface area contributed by atoms with Gasteiger partial charge >= 0.3 is 0 Å². The summed E-state index contributed by atoms with van der Waals surface area (Å²) < 4.78 is 12.6. The SMILES string of the molecule is Cc1ccc(CNC(=O)c2ccc(F)nc2)cn1. The fourth-order valence-corrected chi connectivity index (χ4v) is 1.40. The number of aryl methyl sites for hydroxylation is 1. The van der Waals surface area contributed by atoms with Crippen molar-refractivity contribution >= 4 is 5.91 Å². The van der Waals surface area contributed by atoms with Crippen molar-refractivity contribution in [2.75, 3.05) is 0 Å². The summed E-state index contributed by atoms with van der Waals surface area (Å²) in [7, 11) is 0. The van der Waals surface area contributed by atoms with Gasteiger partial charge in [0.1, 0.15) is 0 Å². The zero-order chi connectivity index (χ0) is 13.0. The first-order valence-corrected chi connectivity index (χ1v) is 5.46. The molecule has 0 aromatic carbocycles. The smallest absolute Gasteiger partial charge is 0.253 e. The maximum atomic E-state index is 12.6. The van der Waals surface area contributed by atoms with E-state index >= 15 is 0 Å². The molecule has 0 aliphatic rings. The van der Waals surface area contributed by atoms with E-state index in [-0.39, 0.29) is 5.91 Å². The first-order chi connectivity index (χ1) is 8.65. The van der Waals surface area contributed by atoms with Crippen molar-refractivity contribution < 1.29 is 9.18 Å². The molecule has 1 N–H and O–H groups in total. The third-order valence-corrected chi connectivity index (χ3v) is 2.42. The summed E-state index contributed by atoms with van der Waals surface area (Å²) in [5.74, 6) is -0.891. The third kappa shape index (κ3) is 3.10. The van der Waals surface area contributed by atoms with E-state index in [2.05, 4.69) is 15.3 Å². The Hall–Kier alpha value is -2.30. The van der Waals surface area contributed by atoms with E-state index in [0.717, 1.165) is 17.3 Å². The average Bonchev–Trinajstić information content (AvgIpc) is 2.38. The molecule has 0 atom stereocenters. The summed E-state index contributed by atoms with van der Waals surface area (Å²) in [6, 6.07) is 6.32. The molecule has 5 heteroatoms. The van der Waals surface area contributed by atoms with Crippen LogP contribution in [0.25, 0.3) is 0 Å².